The molecule has 0 saturated heterocycles. The van der Waals surface area contributed by atoms with E-state index in [9.17, 15) is 5.26 Å². The first-order chi connectivity index (χ1) is 20.8. The van der Waals surface area contributed by atoms with Crippen molar-refractivity contribution in [3.8, 4) is 22.9 Å². The number of hydrogen-bond donors (Lipinski definition) is 0. The fraction of sp³-hybridized carbons (Fsp3) is 0. The lowest BCUT2D eigenvalue weighted by atomic mass is 9.59. The van der Waals surface area contributed by atoms with Crippen LogP contribution < -0.4 is 15.1 Å². The van der Waals surface area contributed by atoms with Crippen LogP contribution in [0.5, 0.6) is 0 Å². The van der Waals surface area contributed by atoms with Crippen molar-refractivity contribution in [3.63, 3.8) is 0 Å². The molecule has 42 heavy (non-hydrogen) atoms. The summed E-state index contributed by atoms with van der Waals surface area (Å²) in [5.74, 6) is 0. The Bertz CT molecular complexity index is 2210. The molecule has 0 spiro atoms. The smallest absolute Gasteiger partial charge is 0.360 e. The van der Waals surface area contributed by atoms with Crippen molar-refractivity contribution in [3.05, 3.63) is 145 Å². The molecule has 0 radical (unpaired) electrons. The molecule has 0 amide bonds. The van der Waals surface area contributed by atoms with Gasteiger partial charge in [0.05, 0.1) is 34.0 Å². The second-order valence-corrected chi connectivity index (χ2v) is 10.9. The van der Waals surface area contributed by atoms with Gasteiger partial charge in [0.1, 0.15) is 0 Å². The highest BCUT2D eigenvalue weighted by Crippen LogP contribution is 2.51. The number of benzene rings is 6. The van der Waals surface area contributed by atoms with Crippen LogP contribution in [0, 0.1) is 11.3 Å². The molecular weight excluding hydrogens is 511 g/mol. The van der Waals surface area contributed by atoms with E-state index in [2.05, 4.69) is 148 Å². The van der Waals surface area contributed by atoms with Crippen LogP contribution in [0.1, 0.15) is 5.56 Å². The van der Waals surface area contributed by atoms with Crippen LogP contribution in [0.4, 0.5) is 22.7 Å². The lowest BCUT2D eigenvalue weighted by Crippen LogP contribution is -2.55. The van der Waals surface area contributed by atoms with Crippen molar-refractivity contribution in [2.24, 2.45) is 0 Å². The molecule has 0 saturated carbocycles. The fourth-order valence-corrected chi connectivity index (χ4v) is 7.08. The van der Waals surface area contributed by atoms with Crippen molar-refractivity contribution in [1.29, 1.82) is 5.26 Å². The predicted octanol–water partition coefficient (Wildman–Crippen LogP) is 8.32. The van der Waals surface area contributed by atoms with Gasteiger partial charge in [0.2, 0.25) is 0 Å². The van der Waals surface area contributed by atoms with Gasteiger partial charge in [0.15, 0.2) is 0 Å². The summed E-state index contributed by atoms with van der Waals surface area (Å²) in [7, 11) is 0. The minimum atomic E-state index is -0.0894. The van der Waals surface area contributed by atoms with E-state index in [0.29, 0.717) is 5.56 Å². The fourth-order valence-electron chi connectivity index (χ4n) is 7.08. The lowest BCUT2D eigenvalue weighted by Gasteiger charge is -2.36. The zero-order chi connectivity index (χ0) is 27.8. The van der Waals surface area contributed by atoms with Crippen LogP contribution in [0.25, 0.3) is 38.6 Å². The molecule has 194 valence electrons. The molecule has 0 N–H and O–H groups in total. The van der Waals surface area contributed by atoms with Crippen LogP contribution in [0.15, 0.2) is 140 Å². The van der Waals surface area contributed by atoms with Gasteiger partial charge < -0.3 is 14.2 Å². The van der Waals surface area contributed by atoms with E-state index in [-0.39, 0.29) is 6.98 Å². The second-order valence-electron chi connectivity index (χ2n) is 10.9. The maximum Gasteiger partial charge on any atom is 0.421 e. The average molecular weight is 534 g/mol. The first-order valence-electron chi connectivity index (χ1n) is 14.2. The Balaban J connectivity index is 1.33. The molecule has 0 bridgehead atoms. The summed E-state index contributed by atoms with van der Waals surface area (Å²) >= 11 is 0. The van der Waals surface area contributed by atoms with Crippen molar-refractivity contribution in [1.82, 2.24) is 4.57 Å². The van der Waals surface area contributed by atoms with Crippen LogP contribution >= 0.6 is 0 Å². The zero-order valence-electron chi connectivity index (χ0n) is 22.6. The number of hydrogen-bond acceptors (Lipinski definition) is 3. The monoisotopic (exact) mass is 534 g/mol. The van der Waals surface area contributed by atoms with Crippen molar-refractivity contribution in [2.45, 2.75) is 0 Å². The third kappa shape index (κ3) is 3.06. The first kappa shape index (κ1) is 23.0. The standard InChI is InChI=1S/C37H23BN4/c39-24-25-21-26(40-33-16-6-2-13-30(33)31-14-3-7-17-34(31)40)23-27(22-25)41-36-19-9-10-20-37(36)42-35-18-8-4-12-29(35)28-11-1-5-15-32(28)38(41)42/h1-23H. The first-order valence-corrected chi connectivity index (χ1v) is 14.2. The Morgan fingerprint density at radius 1 is 0.500 bits per heavy atom. The molecule has 1 aromatic heterocycles. The van der Waals surface area contributed by atoms with Gasteiger partial charge in [-0.15, -0.1) is 0 Å². The van der Waals surface area contributed by atoms with E-state index in [1.165, 1.54) is 33.0 Å². The number of nitriles is 1. The topological polar surface area (TPSA) is 35.2 Å². The number of anilines is 4. The molecule has 0 atom stereocenters. The third-order valence-corrected chi connectivity index (χ3v) is 8.73. The largest absolute Gasteiger partial charge is 0.421 e. The molecule has 0 aliphatic carbocycles. The molecule has 3 heterocycles. The Hall–Kier alpha value is -5.73. The van der Waals surface area contributed by atoms with Crippen molar-refractivity contribution in [2.75, 3.05) is 9.62 Å². The Kier molecular flexibility index (Phi) is 4.73. The highest BCUT2D eigenvalue weighted by Gasteiger charge is 2.47. The Morgan fingerprint density at radius 3 is 1.76 bits per heavy atom. The maximum atomic E-state index is 10.3. The van der Waals surface area contributed by atoms with Gasteiger partial charge in [-0.2, -0.15) is 5.26 Å². The highest BCUT2D eigenvalue weighted by molar-refractivity contribution is 6.86. The number of aromatic nitrogens is 1. The molecule has 2 aliphatic rings. The van der Waals surface area contributed by atoms with Crippen LogP contribution in [-0.2, 0) is 0 Å². The zero-order valence-corrected chi connectivity index (χ0v) is 22.6. The maximum absolute atomic E-state index is 10.3. The van der Waals surface area contributed by atoms with Gasteiger partial charge in [0.25, 0.3) is 0 Å². The molecule has 2 aliphatic heterocycles. The van der Waals surface area contributed by atoms with Gasteiger partial charge in [-0.25, -0.2) is 0 Å². The Labute approximate surface area is 244 Å². The highest BCUT2D eigenvalue weighted by atomic mass is 15.3. The molecule has 9 rings (SSSR count). The average Bonchev–Trinajstić information content (AvgIpc) is 3.59. The predicted molar refractivity (Wildman–Crippen MR) is 173 cm³/mol. The van der Waals surface area contributed by atoms with Crippen LogP contribution in [0.3, 0.4) is 0 Å². The van der Waals surface area contributed by atoms with E-state index >= 15 is 0 Å². The van der Waals surface area contributed by atoms with Gasteiger partial charge in [-0.3, -0.25) is 0 Å². The van der Waals surface area contributed by atoms with Crippen LogP contribution in [-0.4, -0.2) is 11.5 Å². The molecule has 6 aromatic carbocycles. The number of fused-ring (bicyclic) bond motifs is 11. The Morgan fingerprint density at radius 2 is 1.05 bits per heavy atom. The van der Waals surface area contributed by atoms with Gasteiger partial charge in [0, 0.05) is 33.4 Å². The number of rotatable bonds is 2. The van der Waals surface area contributed by atoms with Crippen LogP contribution in [0.2, 0.25) is 0 Å². The lowest BCUT2D eigenvalue weighted by molar-refractivity contribution is 1.17. The summed E-state index contributed by atoms with van der Waals surface area (Å²) in [6.07, 6.45) is 0. The summed E-state index contributed by atoms with van der Waals surface area (Å²) in [6.45, 7) is -0.0894. The van der Waals surface area contributed by atoms with E-state index in [4.69, 9.17) is 0 Å². The van der Waals surface area contributed by atoms with Gasteiger partial charge in [-0.1, -0.05) is 91.0 Å². The minimum absolute atomic E-state index is 0.0894. The molecule has 0 unspecified atom stereocenters. The number of para-hydroxylation sites is 5. The SMILES string of the molecule is N#Cc1cc(N2B3c4ccccc4-c4ccccc4N3c3ccccc32)cc(-n2c3ccccc3c3ccccc32)c1. The summed E-state index contributed by atoms with van der Waals surface area (Å²) in [6, 6.07) is 51.7. The minimum Gasteiger partial charge on any atom is -0.360 e. The van der Waals surface area contributed by atoms with E-state index in [0.717, 1.165) is 33.8 Å². The molecular formula is C37H23BN4. The molecule has 5 heteroatoms. The molecule has 4 nitrogen and oxygen atoms in total. The van der Waals surface area contributed by atoms with Crippen molar-refractivity contribution >= 4 is 57.0 Å². The quantitative estimate of drug-likeness (QED) is 0.209. The summed E-state index contributed by atoms with van der Waals surface area (Å²) in [4.78, 5) is 4.86. The molecule has 0 fully saturated rings. The molecule has 7 aromatic rings. The van der Waals surface area contributed by atoms with Gasteiger partial charge >= 0.3 is 6.98 Å². The van der Waals surface area contributed by atoms with E-state index < -0.39 is 0 Å². The van der Waals surface area contributed by atoms with E-state index in [1.807, 2.05) is 12.1 Å². The number of nitrogens with zero attached hydrogens (tertiary/aromatic N) is 4. The summed E-state index contributed by atoms with van der Waals surface area (Å²) in [5, 5.41) is 12.7. The van der Waals surface area contributed by atoms with E-state index in [1.54, 1.807) is 0 Å². The third-order valence-electron chi connectivity index (χ3n) is 8.73. The van der Waals surface area contributed by atoms with Crippen molar-refractivity contribution < 1.29 is 0 Å². The summed E-state index contributed by atoms with van der Waals surface area (Å²) in [5.41, 5.74) is 12.0. The normalized spacial score (nSPS) is 13.1. The van der Waals surface area contributed by atoms with Gasteiger partial charge in [-0.05, 0) is 59.6 Å². The second kappa shape index (κ2) is 8.64. The summed E-state index contributed by atoms with van der Waals surface area (Å²) < 4.78 is 2.29.